The van der Waals surface area contributed by atoms with Gasteiger partial charge in [0.2, 0.25) is 0 Å². The molecule has 0 bridgehead atoms. The molecule has 1 aliphatic heterocycles. The van der Waals surface area contributed by atoms with Gasteiger partial charge in [-0.3, -0.25) is 0 Å². The maximum atomic E-state index is 14.4. The van der Waals surface area contributed by atoms with Gasteiger partial charge in [-0.15, -0.1) is 0 Å². The topological polar surface area (TPSA) is 35.5 Å². The van der Waals surface area contributed by atoms with Crippen LogP contribution in [-0.4, -0.2) is 12.6 Å². The first-order chi connectivity index (χ1) is 12.9. The van der Waals surface area contributed by atoms with Crippen molar-refractivity contribution in [3.63, 3.8) is 0 Å². The van der Waals surface area contributed by atoms with E-state index in [1.54, 1.807) is 0 Å². The van der Waals surface area contributed by atoms with E-state index in [4.69, 9.17) is 9.47 Å². The lowest BCUT2D eigenvalue weighted by molar-refractivity contribution is -0.0198. The summed E-state index contributed by atoms with van der Waals surface area (Å²) in [7, 11) is 0. The molecule has 7 heteroatoms. The Balaban J connectivity index is 1.72. The maximum Gasteiger partial charge on any atom is 0.343 e. The summed E-state index contributed by atoms with van der Waals surface area (Å²) in [4.78, 5) is 12.1. The van der Waals surface area contributed by atoms with Crippen molar-refractivity contribution in [3.8, 4) is 5.75 Å². The molecule has 1 saturated heterocycles. The molecule has 3 rings (SSSR count). The van der Waals surface area contributed by atoms with E-state index >= 15 is 0 Å². The number of esters is 1. The summed E-state index contributed by atoms with van der Waals surface area (Å²) in [5.41, 5.74) is 0.212. The summed E-state index contributed by atoms with van der Waals surface area (Å²) in [6.45, 7) is 2.64. The fourth-order valence-electron chi connectivity index (χ4n) is 3.05. The molecule has 2 aromatic rings. The van der Waals surface area contributed by atoms with E-state index in [1.807, 2.05) is 0 Å². The molecule has 2 aromatic carbocycles. The van der Waals surface area contributed by atoms with Crippen molar-refractivity contribution in [1.82, 2.24) is 0 Å². The zero-order valence-corrected chi connectivity index (χ0v) is 14.6. The molecule has 2 atom stereocenters. The molecule has 0 radical (unpaired) electrons. The molecule has 2 unspecified atom stereocenters. The van der Waals surface area contributed by atoms with Gasteiger partial charge in [0.1, 0.15) is 11.6 Å². The van der Waals surface area contributed by atoms with Crippen molar-refractivity contribution >= 4 is 5.97 Å². The smallest absolute Gasteiger partial charge is 0.343 e. The third-order valence-electron chi connectivity index (χ3n) is 4.70. The maximum absolute atomic E-state index is 14.4. The van der Waals surface area contributed by atoms with Crippen LogP contribution in [0.15, 0.2) is 30.3 Å². The molecule has 0 saturated carbocycles. The van der Waals surface area contributed by atoms with Gasteiger partial charge in [-0.1, -0.05) is 19.4 Å². The molecule has 0 aromatic heterocycles. The molecule has 144 valence electrons. The van der Waals surface area contributed by atoms with Crippen molar-refractivity contribution in [2.75, 3.05) is 6.61 Å². The van der Waals surface area contributed by atoms with Gasteiger partial charge in [-0.25, -0.2) is 22.4 Å². The van der Waals surface area contributed by atoms with E-state index in [1.165, 1.54) is 12.1 Å². The number of halogens is 4. The minimum absolute atomic E-state index is 0.136. The largest absolute Gasteiger partial charge is 0.423 e. The highest BCUT2D eigenvalue weighted by Crippen LogP contribution is 2.33. The Kier molecular flexibility index (Phi) is 5.79. The van der Waals surface area contributed by atoms with Gasteiger partial charge in [0.05, 0.1) is 18.3 Å². The highest BCUT2D eigenvalue weighted by molar-refractivity contribution is 5.91. The lowest BCUT2D eigenvalue weighted by atomic mass is 9.92. The van der Waals surface area contributed by atoms with Crippen LogP contribution in [0, 0.1) is 29.2 Å². The fourth-order valence-corrected chi connectivity index (χ4v) is 3.05. The molecule has 0 amide bonds. The average molecular weight is 382 g/mol. The zero-order valence-electron chi connectivity index (χ0n) is 14.6. The Morgan fingerprint density at radius 1 is 1.07 bits per heavy atom. The number of carbonyl (C=O) groups is 1. The van der Waals surface area contributed by atoms with E-state index in [9.17, 15) is 22.4 Å². The molecular formula is C20H18F4O3. The first-order valence-corrected chi connectivity index (χ1v) is 8.66. The Labute approximate surface area is 153 Å². The number of benzene rings is 2. The highest BCUT2D eigenvalue weighted by Gasteiger charge is 2.25. The van der Waals surface area contributed by atoms with Crippen molar-refractivity contribution in [2.45, 2.75) is 32.3 Å². The second kappa shape index (κ2) is 8.08. The van der Waals surface area contributed by atoms with Crippen molar-refractivity contribution < 1.29 is 31.8 Å². The van der Waals surface area contributed by atoms with E-state index < -0.39 is 35.0 Å². The molecule has 1 fully saturated rings. The lowest BCUT2D eigenvalue weighted by Crippen LogP contribution is -2.21. The normalized spacial score (nSPS) is 19.7. The van der Waals surface area contributed by atoms with Crippen LogP contribution in [0.2, 0.25) is 0 Å². The summed E-state index contributed by atoms with van der Waals surface area (Å²) in [6, 6.07) is 4.87. The van der Waals surface area contributed by atoms with E-state index in [2.05, 4.69) is 6.92 Å². The van der Waals surface area contributed by atoms with Crippen molar-refractivity contribution in [2.24, 2.45) is 5.92 Å². The standard InChI is InChI=1S/C20H18F4O3/c1-2-11-3-6-18(26-10-11)14-5-4-12(7-15(14)21)20(25)27-13-8-16(22)19(24)17(23)9-13/h4-5,7-9,11,18H,2-3,6,10H2,1H3. The third-order valence-corrected chi connectivity index (χ3v) is 4.70. The molecule has 3 nitrogen and oxygen atoms in total. The summed E-state index contributed by atoms with van der Waals surface area (Å²) in [6.07, 6.45) is 2.25. The summed E-state index contributed by atoms with van der Waals surface area (Å²) < 4.78 is 64.3. The van der Waals surface area contributed by atoms with Gasteiger partial charge in [-0.05, 0) is 30.9 Å². The average Bonchev–Trinajstić information content (AvgIpc) is 2.66. The van der Waals surface area contributed by atoms with Gasteiger partial charge >= 0.3 is 5.97 Å². The SMILES string of the molecule is CCC1CCC(c2ccc(C(=O)Oc3cc(F)c(F)c(F)c3)cc2F)OC1. The van der Waals surface area contributed by atoms with Gasteiger partial charge in [0.15, 0.2) is 17.5 Å². The van der Waals surface area contributed by atoms with Crippen LogP contribution in [0.1, 0.15) is 48.2 Å². The molecule has 1 aliphatic rings. The van der Waals surface area contributed by atoms with Crippen LogP contribution in [0.3, 0.4) is 0 Å². The quantitative estimate of drug-likeness (QED) is 0.310. The van der Waals surface area contributed by atoms with Crippen LogP contribution >= 0.6 is 0 Å². The number of carbonyl (C=O) groups excluding carboxylic acids is 1. The number of hydrogen-bond donors (Lipinski definition) is 0. The van der Waals surface area contributed by atoms with Gasteiger partial charge < -0.3 is 9.47 Å². The first kappa shape index (κ1) is 19.4. The second-order valence-corrected chi connectivity index (χ2v) is 6.50. The number of hydrogen-bond acceptors (Lipinski definition) is 3. The number of rotatable bonds is 4. The van der Waals surface area contributed by atoms with Crippen LogP contribution in [0.4, 0.5) is 17.6 Å². The fraction of sp³-hybridized carbons (Fsp3) is 0.350. The summed E-state index contributed by atoms with van der Waals surface area (Å²) in [5.74, 6) is -6.32. The molecular weight excluding hydrogens is 364 g/mol. The summed E-state index contributed by atoms with van der Waals surface area (Å²) in [5, 5.41) is 0. The van der Waals surface area contributed by atoms with Gasteiger partial charge in [-0.2, -0.15) is 0 Å². The van der Waals surface area contributed by atoms with Crippen LogP contribution in [-0.2, 0) is 4.74 Å². The molecule has 0 aliphatic carbocycles. The summed E-state index contributed by atoms with van der Waals surface area (Å²) >= 11 is 0. The number of ether oxygens (including phenoxy) is 2. The monoisotopic (exact) mass is 382 g/mol. The predicted molar refractivity (Wildman–Crippen MR) is 89.4 cm³/mol. The predicted octanol–water partition coefficient (Wildman–Crippen LogP) is 5.34. The minimum Gasteiger partial charge on any atom is -0.423 e. The molecule has 0 spiro atoms. The van der Waals surface area contributed by atoms with E-state index in [0.717, 1.165) is 18.9 Å². The minimum atomic E-state index is -1.66. The van der Waals surface area contributed by atoms with Crippen LogP contribution in [0.5, 0.6) is 5.75 Å². The van der Waals surface area contributed by atoms with Crippen molar-refractivity contribution in [1.29, 1.82) is 0 Å². The highest BCUT2D eigenvalue weighted by atomic mass is 19.2. The Bertz CT molecular complexity index is 822. The lowest BCUT2D eigenvalue weighted by Gasteiger charge is -2.29. The van der Waals surface area contributed by atoms with E-state index in [-0.39, 0.29) is 11.7 Å². The second-order valence-electron chi connectivity index (χ2n) is 6.50. The Morgan fingerprint density at radius 3 is 2.33 bits per heavy atom. The molecule has 1 heterocycles. The third kappa shape index (κ3) is 4.30. The Morgan fingerprint density at radius 2 is 1.78 bits per heavy atom. The van der Waals surface area contributed by atoms with Crippen LogP contribution in [0.25, 0.3) is 0 Å². The van der Waals surface area contributed by atoms with E-state index in [0.29, 0.717) is 36.6 Å². The van der Waals surface area contributed by atoms with Crippen molar-refractivity contribution in [3.05, 3.63) is 64.7 Å². The van der Waals surface area contributed by atoms with Crippen LogP contribution < -0.4 is 4.74 Å². The zero-order chi connectivity index (χ0) is 19.6. The first-order valence-electron chi connectivity index (χ1n) is 8.66. The molecule has 27 heavy (non-hydrogen) atoms. The van der Waals surface area contributed by atoms with Gasteiger partial charge in [0, 0.05) is 17.7 Å². The molecule has 0 N–H and O–H groups in total. The Hall–Kier alpha value is -2.41. The van der Waals surface area contributed by atoms with Gasteiger partial charge in [0.25, 0.3) is 0 Å².